The van der Waals surface area contributed by atoms with Gasteiger partial charge in [-0.1, -0.05) is 20.4 Å². The molecule has 0 radical (unpaired) electrons. The fraction of sp³-hybridized carbons (Fsp3) is 0.571. The van der Waals surface area contributed by atoms with Crippen molar-refractivity contribution in [2.75, 3.05) is 7.11 Å². The Labute approximate surface area is 56.5 Å². The Morgan fingerprint density at radius 1 is 1.44 bits per heavy atom. The van der Waals surface area contributed by atoms with Gasteiger partial charge < -0.3 is 4.74 Å². The minimum absolute atomic E-state index is 0.347. The molecule has 54 valence electrons. The summed E-state index contributed by atoms with van der Waals surface area (Å²) in [5.41, 5.74) is 0.433. The van der Waals surface area contributed by atoms with Crippen LogP contribution < -0.4 is 0 Å². The van der Waals surface area contributed by atoms with Gasteiger partial charge in [-0.25, -0.2) is 4.79 Å². The third kappa shape index (κ3) is 7.21. The summed E-state index contributed by atoms with van der Waals surface area (Å²) in [6.07, 6.45) is 0. The molecular formula is C7H14O2. The van der Waals surface area contributed by atoms with Crippen LogP contribution in [0.25, 0.3) is 0 Å². The van der Waals surface area contributed by atoms with Crippen LogP contribution in [0.2, 0.25) is 0 Å². The third-order valence-corrected chi connectivity index (χ3v) is 0.534. The second-order valence-corrected chi connectivity index (χ2v) is 1.27. The van der Waals surface area contributed by atoms with E-state index in [1.165, 1.54) is 7.11 Å². The average molecular weight is 130 g/mol. The predicted molar refractivity (Wildman–Crippen MR) is 38.2 cm³/mol. The van der Waals surface area contributed by atoms with E-state index in [0.29, 0.717) is 5.57 Å². The summed E-state index contributed by atoms with van der Waals surface area (Å²) in [5.74, 6) is -0.347. The van der Waals surface area contributed by atoms with E-state index in [4.69, 9.17) is 0 Å². The van der Waals surface area contributed by atoms with E-state index < -0.39 is 0 Å². The van der Waals surface area contributed by atoms with Gasteiger partial charge in [-0.15, -0.1) is 0 Å². The Hall–Kier alpha value is -0.790. The minimum atomic E-state index is -0.347. The Balaban J connectivity index is 0. The summed E-state index contributed by atoms with van der Waals surface area (Å²) in [6.45, 7) is 8.95. The van der Waals surface area contributed by atoms with Crippen LogP contribution >= 0.6 is 0 Å². The molecule has 0 rings (SSSR count). The van der Waals surface area contributed by atoms with E-state index in [2.05, 4.69) is 11.3 Å². The van der Waals surface area contributed by atoms with Crippen LogP contribution in [-0.4, -0.2) is 13.1 Å². The molecule has 2 heteroatoms. The van der Waals surface area contributed by atoms with Gasteiger partial charge in [-0.05, 0) is 6.92 Å². The first kappa shape index (κ1) is 11.1. The molecule has 0 aromatic carbocycles. The summed E-state index contributed by atoms with van der Waals surface area (Å²) < 4.78 is 4.27. The molecule has 0 bridgehead atoms. The average Bonchev–Trinajstić information content (AvgIpc) is 1.91. The van der Waals surface area contributed by atoms with Gasteiger partial charge in [-0.2, -0.15) is 0 Å². The topological polar surface area (TPSA) is 26.3 Å². The van der Waals surface area contributed by atoms with Crippen LogP contribution in [0.5, 0.6) is 0 Å². The molecule has 0 saturated heterocycles. The number of hydrogen-bond donors (Lipinski definition) is 0. The smallest absolute Gasteiger partial charge is 0.332 e. The first-order valence-corrected chi connectivity index (χ1v) is 2.92. The van der Waals surface area contributed by atoms with Crippen molar-refractivity contribution in [2.45, 2.75) is 20.8 Å². The molecular weight excluding hydrogens is 116 g/mol. The molecule has 0 aliphatic rings. The van der Waals surface area contributed by atoms with Crippen molar-refractivity contribution in [1.82, 2.24) is 0 Å². The van der Waals surface area contributed by atoms with E-state index in [1.54, 1.807) is 6.92 Å². The van der Waals surface area contributed by atoms with Gasteiger partial charge in [0.1, 0.15) is 0 Å². The zero-order valence-corrected chi connectivity index (χ0v) is 6.52. The second-order valence-electron chi connectivity index (χ2n) is 1.27. The molecule has 0 amide bonds. The molecule has 0 unspecified atom stereocenters. The molecule has 0 fully saturated rings. The van der Waals surface area contributed by atoms with Crippen molar-refractivity contribution in [3.05, 3.63) is 12.2 Å². The van der Waals surface area contributed by atoms with Gasteiger partial charge in [-0.3, -0.25) is 0 Å². The molecule has 0 aromatic heterocycles. The second kappa shape index (κ2) is 7.21. The van der Waals surface area contributed by atoms with Crippen LogP contribution in [0.3, 0.4) is 0 Å². The van der Waals surface area contributed by atoms with E-state index >= 15 is 0 Å². The molecule has 0 heterocycles. The Kier molecular flexibility index (Phi) is 8.87. The van der Waals surface area contributed by atoms with Gasteiger partial charge in [0.05, 0.1) is 7.11 Å². The highest BCUT2D eigenvalue weighted by Crippen LogP contribution is 1.87. The Morgan fingerprint density at radius 3 is 1.78 bits per heavy atom. The monoisotopic (exact) mass is 130 g/mol. The molecule has 0 saturated carbocycles. The minimum Gasteiger partial charge on any atom is -0.466 e. The standard InChI is InChI=1S/C5H8O2.C2H6/c1-4(2)5(6)7-3;1-2/h1H2,2-3H3;1-2H3. The lowest BCUT2D eigenvalue weighted by Gasteiger charge is -1.91. The zero-order valence-electron chi connectivity index (χ0n) is 6.52. The Bertz CT molecular complexity index is 95.1. The number of methoxy groups -OCH3 is 1. The molecule has 0 aromatic rings. The van der Waals surface area contributed by atoms with Crippen LogP contribution in [-0.2, 0) is 9.53 Å². The zero-order chi connectivity index (χ0) is 7.86. The number of carbonyl (C=O) groups excluding carboxylic acids is 1. The first-order chi connectivity index (χ1) is 4.18. The van der Waals surface area contributed by atoms with Crippen LogP contribution in [0, 0.1) is 0 Å². The highest BCUT2D eigenvalue weighted by atomic mass is 16.5. The van der Waals surface area contributed by atoms with E-state index in [0.717, 1.165) is 0 Å². The summed E-state index contributed by atoms with van der Waals surface area (Å²) in [5, 5.41) is 0. The van der Waals surface area contributed by atoms with Gasteiger partial charge in [0.25, 0.3) is 0 Å². The summed E-state index contributed by atoms with van der Waals surface area (Å²) >= 11 is 0. The van der Waals surface area contributed by atoms with Crippen molar-refractivity contribution < 1.29 is 9.53 Å². The molecule has 0 spiro atoms. The lowest BCUT2D eigenvalue weighted by Crippen LogP contribution is -1.98. The molecule has 0 N–H and O–H groups in total. The number of carbonyl (C=O) groups is 1. The van der Waals surface area contributed by atoms with Crippen molar-refractivity contribution in [3.8, 4) is 0 Å². The van der Waals surface area contributed by atoms with Gasteiger partial charge in [0.2, 0.25) is 0 Å². The van der Waals surface area contributed by atoms with Crippen LogP contribution in [0.4, 0.5) is 0 Å². The van der Waals surface area contributed by atoms with Gasteiger partial charge in [0.15, 0.2) is 0 Å². The molecule has 2 nitrogen and oxygen atoms in total. The van der Waals surface area contributed by atoms with Crippen molar-refractivity contribution >= 4 is 5.97 Å². The van der Waals surface area contributed by atoms with Crippen molar-refractivity contribution in [3.63, 3.8) is 0 Å². The summed E-state index contributed by atoms with van der Waals surface area (Å²) in [7, 11) is 1.33. The molecule has 9 heavy (non-hydrogen) atoms. The van der Waals surface area contributed by atoms with Crippen LogP contribution in [0.1, 0.15) is 20.8 Å². The fourth-order valence-electron chi connectivity index (χ4n) is 0.174. The van der Waals surface area contributed by atoms with Gasteiger partial charge >= 0.3 is 5.97 Å². The van der Waals surface area contributed by atoms with E-state index in [-0.39, 0.29) is 5.97 Å². The van der Waals surface area contributed by atoms with E-state index in [1.807, 2.05) is 13.8 Å². The lowest BCUT2D eigenvalue weighted by molar-refractivity contribution is -0.136. The van der Waals surface area contributed by atoms with Crippen LogP contribution in [0.15, 0.2) is 12.2 Å². The summed E-state index contributed by atoms with van der Waals surface area (Å²) in [4.78, 5) is 10.2. The maximum absolute atomic E-state index is 10.2. The maximum Gasteiger partial charge on any atom is 0.332 e. The first-order valence-electron chi connectivity index (χ1n) is 2.92. The predicted octanol–water partition coefficient (Wildman–Crippen LogP) is 1.76. The number of esters is 1. The molecule has 0 atom stereocenters. The number of ether oxygens (including phenoxy) is 1. The largest absolute Gasteiger partial charge is 0.466 e. The third-order valence-electron chi connectivity index (χ3n) is 0.534. The SMILES string of the molecule is C=C(C)C(=O)OC.CC. The maximum atomic E-state index is 10.2. The highest BCUT2D eigenvalue weighted by Gasteiger charge is 1.95. The Morgan fingerprint density at radius 2 is 1.78 bits per heavy atom. The normalized spacial score (nSPS) is 6.67. The molecule has 0 aliphatic carbocycles. The molecule has 0 aliphatic heterocycles. The van der Waals surface area contributed by atoms with Crippen molar-refractivity contribution in [1.29, 1.82) is 0 Å². The quantitative estimate of drug-likeness (QED) is 0.399. The van der Waals surface area contributed by atoms with Gasteiger partial charge in [0, 0.05) is 5.57 Å². The summed E-state index contributed by atoms with van der Waals surface area (Å²) in [6, 6.07) is 0. The number of rotatable bonds is 1. The number of hydrogen-bond acceptors (Lipinski definition) is 2. The van der Waals surface area contributed by atoms with E-state index in [9.17, 15) is 4.79 Å². The van der Waals surface area contributed by atoms with Crippen molar-refractivity contribution in [2.24, 2.45) is 0 Å². The highest BCUT2D eigenvalue weighted by molar-refractivity contribution is 5.86. The fourth-order valence-corrected chi connectivity index (χ4v) is 0.174. The lowest BCUT2D eigenvalue weighted by atomic mass is 10.4.